The van der Waals surface area contributed by atoms with E-state index in [9.17, 15) is 9.59 Å². The normalized spacial score (nSPS) is 11.3. The Morgan fingerprint density at radius 1 is 1.50 bits per heavy atom. The van der Waals surface area contributed by atoms with Gasteiger partial charge in [-0.15, -0.1) is 0 Å². The smallest absolute Gasteiger partial charge is 0.321 e. The molecule has 0 aliphatic heterocycles. The molecule has 0 heterocycles. The number of rotatable bonds is 3. The summed E-state index contributed by atoms with van der Waals surface area (Å²) in [6.45, 7) is 0. The molecule has 0 fully saturated rings. The number of hydrogen-bond donors (Lipinski definition) is 3. The van der Waals surface area contributed by atoms with Crippen LogP contribution in [0.3, 0.4) is 0 Å². The fraction of sp³-hybridized carbons (Fsp3) is 0.500. The molecule has 0 aliphatic rings. The first-order valence-electron chi connectivity index (χ1n) is 2.30. The van der Waals surface area contributed by atoms with Crippen LogP contribution < -0.4 is 11.5 Å². The van der Waals surface area contributed by atoms with Crippen molar-refractivity contribution in [3.8, 4) is 0 Å². The van der Waals surface area contributed by atoms with Crippen LogP contribution in [0.2, 0.25) is 0 Å². The molecule has 10 heavy (non-hydrogen) atoms. The van der Waals surface area contributed by atoms with Crippen LogP contribution in [0.15, 0.2) is 0 Å². The van der Waals surface area contributed by atoms with Crippen molar-refractivity contribution in [2.45, 2.75) is 12.5 Å². The van der Waals surface area contributed by atoms with E-state index in [-0.39, 0.29) is 57.8 Å². The molecular weight excluding hydrogens is 163 g/mol. The maximum Gasteiger partial charge on any atom is 0.321 e. The van der Waals surface area contributed by atoms with E-state index >= 15 is 0 Å². The first kappa shape index (κ1) is 13.1. The van der Waals surface area contributed by atoms with E-state index in [4.69, 9.17) is 10.8 Å². The Balaban J connectivity index is 0. The van der Waals surface area contributed by atoms with Crippen molar-refractivity contribution in [2.24, 2.45) is 11.5 Å². The van der Waals surface area contributed by atoms with E-state index in [2.05, 4.69) is 5.73 Å². The van der Waals surface area contributed by atoms with Gasteiger partial charge >= 0.3 is 5.97 Å². The van der Waals surface area contributed by atoms with Crippen LogP contribution in [0.25, 0.3) is 0 Å². The van der Waals surface area contributed by atoms with Gasteiger partial charge in [0, 0.05) is 51.4 Å². The maximum atomic E-state index is 9.99. The Kier molecular flexibility index (Phi) is 8.23. The molecule has 1 amide bonds. The Morgan fingerprint density at radius 2 is 1.90 bits per heavy atom. The van der Waals surface area contributed by atoms with Crippen LogP contribution in [0.4, 0.5) is 0 Å². The predicted octanol–water partition coefficient (Wildman–Crippen LogP) is -2.11. The standard InChI is InChI=1S/C4H8N2O3.K/c5-2(4(8)9)1-3(6)7;/h2H,1,5H2,(H2,6,7)(H,8,9);. The molecule has 0 aromatic rings. The molecule has 53 valence electrons. The number of amides is 1. The minimum absolute atomic E-state index is 0. The number of primary amides is 1. The van der Waals surface area contributed by atoms with Gasteiger partial charge in [0.05, 0.1) is 6.42 Å². The molecule has 5 N–H and O–H groups in total. The van der Waals surface area contributed by atoms with Gasteiger partial charge in [0.1, 0.15) is 6.04 Å². The second kappa shape index (κ2) is 6.26. The summed E-state index contributed by atoms with van der Waals surface area (Å²) >= 11 is 0. The van der Waals surface area contributed by atoms with Gasteiger partial charge in [-0.2, -0.15) is 0 Å². The second-order valence-corrected chi connectivity index (χ2v) is 1.62. The van der Waals surface area contributed by atoms with Crippen molar-refractivity contribution >= 4 is 63.3 Å². The molecule has 1 atom stereocenters. The number of nitrogens with two attached hydrogens (primary N) is 2. The van der Waals surface area contributed by atoms with Gasteiger partial charge in [0.25, 0.3) is 0 Å². The summed E-state index contributed by atoms with van der Waals surface area (Å²) in [6.07, 6.45) is -0.310. The summed E-state index contributed by atoms with van der Waals surface area (Å²) in [5.74, 6) is -1.92. The van der Waals surface area contributed by atoms with Crippen molar-refractivity contribution in [3.63, 3.8) is 0 Å². The molecule has 1 radical (unpaired) electrons. The topological polar surface area (TPSA) is 106 Å². The summed E-state index contributed by atoms with van der Waals surface area (Å²) in [5, 5.41) is 8.10. The number of carbonyl (C=O) groups excluding carboxylic acids is 1. The number of carbonyl (C=O) groups is 2. The average Bonchev–Trinajstić information content (AvgIpc) is 1.63. The summed E-state index contributed by atoms with van der Waals surface area (Å²) < 4.78 is 0. The fourth-order valence-electron chi connectivity index (χ4n) is 0.304. The zero-order valence-corrected chi connectivity index (χ0v) is 8.83. The molecule has 0 spiro atoms. The first-order valence-corrected chi connectivity index (χ1v) is 2.30. The molecule has 1 unspecified atom stereocenters. The van der Waals surface area contributed by atoms with E-state index in [0.29, 0.717) is 0 Å². The summed E-state index contributed by atoms with van der Waals surface area (Å²) in [4.78, 5) is 19.9. The van der Waals surface area contributed by atoms with Gasteiger partial charge in [0.15, 0.2) is 0 Å². The largest absolute Gasteiger partial charge is 0.480 e. The van der Waals surface area contributed by atoms with Crippen LogP contribution >= 0.6 is 0 Å². The van der Waals surface area contributed by atoms with Gasteiger partial charge in [-0.05, 0) is 0 Å². The monoisotopic (exact) mass is 171 g/mol. The Hall–Kier alpha value is 0.536. The average molecular weight is 171 g/mol. The van der Waals surface area contributed by atoms with Crippen molar-refractivity contribution in [2.75, 3.05) is 0 Å². The summed E-state index contributed by atoms with van der Waals surface area (Å²) in [6, 6.07) is -1.16. The van der Waals surface area contributed by atoms with Gasteiger partial charge < -0.3 is 16.6 Å². The predicted molar refractivity (Wildman–Crippen MR) is 35.2 cm³/mol. The van der Waals surface area contributed by atoms with Gasteiger partial charge in [-0.25, -0.2) is 0 Å². The summed E-state index contributed by atoms with van der Waals surface area (Å²) in [5.41, 5.74) is 9.57. The number of aliphatic carboxylic acids is 1. The number of hydrogen-bond acceptors (Lipinski definition) is 3. The number of carboxylic acids is 1. The zero-order chi connectivity index (χ0) is 7.44. The summed E-state index contributed by atoms with van der Waals surface area (Å²) in [7, 11) is 0. The molecule has 0 aliphatic carbocycles. The van der Waals surface area contributed by atoms with Crippen molar-refractivity contribution in [1.29, 1.82) is 0 Å². The van der Waals surface area contributed by atoms with Gasteiger partial charge in [0.2, 0.25) is 5.91 Å². The quantitative estimate of drug-likeness (QED) is 0.422. The first-order chi connectivity index (χ1) is 4.04. The van der Waals surface area contributed by atoms with Crippen LogP contribution in [0.5, 0.6) is 0 Å². The molecule has 0 saturated carbocycles. The molecule has 5 nitrogen and oxygen atoms in total. The van der Waals surface area contributed by atoms with E-state index in [1.54, 1.807) is 0 Å². The Labute approximate surface area is 101 Å². The van der Waals surface area contributed by atoms with Crippen molar-refractivity contribution in [1.82, 2.24) is 0 Å². The maximum absolute atomic E-state index is 9.99. The Bertz CT molecular complexity index is 138. The third-order valence-electron chi connectivity index (χ3n) is 0.738. The van der Waals surface area contributed by atoms with E-state index < -0.39 is 17.9 Å². The number of carboxylic acid groups (broad SMARTS) is 1. The van der Waals surface area contributed by atoms with Crippen LogP contribution in [-0.2, 0) is 9.59 Å². The van der Waals surface area contributed by atoms with Crippen LogP contribution in [-0.4, -0.2) is 74.4 Å². The fourth-order valence-corrected chi connectivity index (χ4v) is 0.304. The van der Waals surface area contributed by atoms with Crippen molar-refractivity contribution in [3.05, 3.63) is 0 Å². The molecule has 0 bridgehead atoms. The van der Waals surface area contributed by atoms with E-state index in [0.717, 1.165) is 0 Å². The van der Waals surface area contributed by atoms with Gasteiger partial charge in [-0.1, -0.05) is 0 Å². The minimum atomic E-state index is -1.21. The minimum Gasteiger partial charge on any atom is -0.480 e. The zero-order valence-electron chi connectivity index (χ0n) is 5.70. The molecule has 0 aromatic heterocycles. The molecule has 0 rings (SSSR count). The Morgan fingerprint density at radius 3 is 2.00 bits per heavy atom. The van der Waals surface area contributed by atoms with E-state index in [1.807, 2.05) is 0 Å². The molecule has 0 aromatic carbocycles. The third kappa shape index (κ3) is 6.65. The van der Waals surface area contributed by atoms with E-state index in [1.165, 1.54) is 0 Å². The van der Waals surface area contributed by atoms with Crippen LogP contribution in [0, 0.1) is 0 Å². The SMILES string of the molecule is NC(=O)CC(N)C(=O)O.[K]. The van der Waals surface area contributed by atoms with Crippen LogP contribution in [0.1, 0.15) is 6.42 Å². The second-order valence-electron chi connectivity index (χ2n) is 1.62. The van der Waals surface area contributed by atoms with Crippen molar-refractivity contribution < 1.29 is 14.7 Å². The molecule has 0 saturated heterocycles. The molecular formula is C4H8KN2O3. The molecule has 6 heteroatoms. The third-order valence-corrected chi connectivity index (χ3v) is 0.738. The van der Waals surface area contributed by atoms with Gasteiger partial charge in [-0.3, -0.25) is 9.59 Å².